The van der Waals surface area contributed by atoms with E-state index in [1.807, 2.05) is 0 Å². The molecule has 0 fully saturated rings. The van der Waals surface area contributed by atoms with Crippen molar-refractivity contribution in [2.24, 2.45) is 5.73 Å². The van der Waals surface area contributed by atoms with Gasteiger partial charge < -0.3 is 15.8 Å². The fourth-order valence-corrected chi connectivity index (χ4v) is 1.34. The minimum absolute atomic E-state index is 0.00397. The minimum Gasteiger partial charge on any atom is -0.478 e. The molecule has 0 aliphatic heterocycles. The number of carbonyl (C=O) groups excluding carboxylic acids is 2. The maximum absolute atomic E-state index is 11.8. The summed E-state index contributed by atoms with van der Waals surface area (Å²) in [5, 5.41) is 2.56. The number of nitrogens with one attached hydrogen (secondary N) is 1. The molecule has 0 saturated heterocycles. The Hall–Kier alpha value is -1.82. The van der Waals surface area contributed by atoms with Gasteiger partial charge in [-0.05, 0) is 19.9 Å². The van der Waals surface area contributed by atoms with Crippen LogP contribution in [0.25, 0.3) is 0 Å². The summed E-state index contributed by atoms with van der Waals surface area (Å²) in [7, 11) is 0. The van der Waals surface area contributed by atoms with Crippen LogP contribution in [0.5, 0.6) is 5.88 Å². The number of hydrogen-bond acceptors (Lipinski definition) is 4. The molecule has 1 atom stereocenters. The average Bonchev–Trinajstić information content (AvgIpc) is 2.31. The SMILES string of the molecule is CCOc1ccc(Cl)c(C(=O)NC(C)C(N)=O)n1. The van der Waals surface area contributed by atoms with Gasteiger partial charge in [-0.25, -0.2) is 4.98 Å². The molecule has 98 valence electrons. The van der Waals surface area contributed by atoms with Gasteiger partial charge in [-0.1, -0.05) is 11.6 Å². The summed E-state index contributed by atoms with van der Waals surface area (Å²) in [5.41, 5.74) is 5.04. The molecule has 18 heavy (non-hydrogen) atoms. The molecule has 0 spiro atoms. The van der Waals surface area contributed by atoms with Crippen molar-refractivity contribution in [2.75, 3.05) is 6.61 Å². The number of rotatable bonds is 5. The van der Waals surface area contributed by atoms with Gasteiger partial charge in [-0.3, -0.25) is 9.59 Å². The standard InChI is InChI=1S/C11H14ClN3O3/c1-3-18-8-5-4-7(12)9(15-8)11(17)14-6(2)10(13)16/h4-6H,3H2,1-2H3,(H2,13,16)(H,14,17). The highest BCUT2D eigenvalue weighted by Crippen LogP contribution is 2.18. The van der Waals surface area contributed by atoms with Crippen molar-refractivity contribution in [2.45, 2.75) is 19.9 Å². The van der Waals surface area contributed by atoms with E-state index in [1.165, 1.54) is 13.0 Å². The molecule has 0 aliphatic rings. The molecule has 0 saturated carbocycles. The quantitative estimate of drug-likeness (QED) is 0.826. The molecule has 0 bridgehead atoms. The van der Waals surface area contributed by atoms with Crippen LogP contribution in [0.3, 0.4) is 0 Å². The summed E-state index contributed by atoms with van der Waals surface area (Å²) in [6.45, 7) is 3.69. The molecule has 1 aromatic heterocycles. The van der Waals surface area contributed by atoms with Gasteiger partial charge in [0.05, 0.1) is 11.6 Å². The molecule has 2 amide bonds. The van der Waals surface area contributed by atoms with Gasteiger partial charge >= 0.3 is 0 Å². The zero-order valence-corrected chi connectivity index (χ0v) is 10.8. The Bertz CT molecular complexity index is 465. The number of carbonyl (C=O) groups is 2. The lowest BCUT2D eigenvalue weighted by Crippen LogP contribution is -2.42. The van der Waals surface area contributed by atoms with E-state index in [0.717, 1.165) is 0 Å². The van der Waals surface area contributed by atoms with Crippen molar-refractivity contribution in [1.29, 1.82) is 0 Å². The van der Waals surface area contributed by atoms with Crippen molar-refractivity contribution in [1.82, 2.24) is 10.3 Å². The predicted molar refractivity (Wildman–Crippen MR) is 66.5 cm³/mol. The monoisotopic (exact) mass is 271 g/mol. The van der Waals surface area contributed by atoms with Gasteiger partial charge in [0.25, 0.3) is 5.91 Å². The van der Waals surface area contributed by atoms with Gasteiger partial charge in [0.15, 0.2) is 5.69 Å². The second kappa shape index (κ2) is 6.20. The van der Waals surface area contributed by atoms with E-state index in [-0.39, 0.29) is 10.7 Å². The average molecular weight is 272 g/mol. The van der Waals surface area contributed by atoms with E-state index in [0.29, 0.717) is 12.5 Å². The van der Waals surface area contributed by atoms with Crippen molar-refractivity contribution < 1.29 is 14.3 Å². The highest BCUT2D eigenvalue weighted by atomic mass is 35.5. The number of hydrogen-bond donors (Lipinski definition) is 2. The lowest BCUT2D eigenvalue weighted by atomic mass is 10.3. The first-order valence-corrected chi connectivity index (χ1v) is 5.73. The van der Waals surface area contributed by atoms with Crippen molar-refractivity contribution >= 4 is 23.4 Å². The van der Waals surface area contributed by atoms with Crippen LogP contribution < -0.4 is 15.8 Å². The summed E-state index contributed by atoms with van der Waals surface area (Å²) in [5.74, 6) is -0.924. The number of primary amides is 1. The Kier molecular flexibility index (Phi) is 4.91. The second-order valence-corrected chi connectivity index (χ2v) is 3.92. The molecule has 1 unspecified atom stereocenters. The van der Waals surface area contributed by atoms with E-state index in [2.05, 4.69) is 10.3 Å². The fourth-order valence-electron chi connectivity index (χ4n) is 1.15. The molecular formula is C11H14ClN3O3. The molecule has 6 nitrogen and oxygen atoms in total. The normalized spacial score (nSPS) is 11.7. The number of pyridine rings is 1. The van der Waals surface area contributed by atoms with Crippen molar-refractivity contribution in [3.8, 4) is 5.88 Å². The van der Waals surface area contributed by atoms with E-state index in [1.54, 1.807) is 13.0 Å². The largest absolute Gasteiger partial charge is 0.478 e. The third kappa shape index (κ3) is 3.59. The van der Waals surface area contributed by atoms with Crippen molar-refractivity contribution in [3.05, 3.63) is 22.8 Å². The van der Waals surface area contributed by atoms with Crippen LogP contribution in [-0.4, -0.2) is 29.4 Å². The maximum atomic E-state index is 11.8. The lowest BCUT2D eigenvalue weighted by molar-refractivity contribution is -0.119. The van der Waals surface area contributed by atoms with Crippen LogP contribution in [0.15, 0.2) is 12.1 Å². The third-order valence-corrected chi connectivity index (χ3v) is 2.41. The lowest BCUT2D eigenvalue weighted by Gasteiger charge is -2.11. The van der Waals surface area contributed by atoms with E-state index >= 15 is 0 Å². The first-order chi connectivity index (χ1) is 8.45. The molecule has 1 aromatic rings. The smallest absolute Gasteiger partial charge is 0.272 e. The van der Waals surface area contributed by atoms with Gasteiger partial charge in [0.2, 0.25) is 11.8 Å². The summed E-state index contributed by atoms with van der Waals surface area (Å²) < 4.78 is 5.16. The van der Waals surface area contributed by atoms with Crippen LogP contribution in [0.1, 0.15) is 24.3 Å². The van der Waals surface area contributed by atoms with Gasteiger partial charge in [0.1, 0.15) is 6.04 Å². The zero-order valence-electron chi connectivity index (χ0n) is 10.1. The highest BCUT2D eigenvalue weighted by Gasteiger charge is 2.18. The van der Waals surface area contributed by atoms with Crippen LogP contribution in [0.4, 0.5) is 0 Å². The number of amides is 2. The van der Waals surface area contributed by atoms with Crippen LogP contribution in [0, 0.1) is 0 Å². The molecule has 0 aliphatic carbocycles. The molecule has 7 heteroatoms. The van der Waals surface area contributed by atoms with E-state index in [9.17, 15) is 9.59 Å². The number of halogens is 1. The van der Waals surface area contributed by atoms with Gasteiger partial charge in [-0.15, -0.1) is 0 Å². The molecule has 3 N–H and O–H groups in total. The molecule has 0 aromatic carbocycles. The molecule has 1 rings (SSSR count). The Morgan fingerprint density at radius 3 is 2.78 bits per heavy atom. The maximum Gasteiger partial charge on any atom is 0.272 e. The Morgan fingerprint density at radius 1 is 1.56 bits per heavy atom. The van der Waals surface area contributed by atoms with Crippen molar-refractivity contribution in [3.63, 3.8) is 0 Å². The Balaban J connectivity index is 2.90. The number of nitrogens with two attached hydrogens (primary N) is 1. The summed E-state index contributed by atoms with van der Waals surface area (Å²) >= 11 is 5.86. The Labute approximate surface area is 109 Å². The molecular weight excluding hydrogens is 258 g/mol. The fraction of sp³-hybridized carbons (Fsp3) is 0.364. The van der Waals surface area contributed by atoms with Crippen LogP contribution in [-0.2, 0) is 4.79 Å². The molecule has 0 radical (unpaired) electrons. The minimum atomic E-state index is -0.800. The van der Waals surface area contributed by atoms with Gasteiger partial charge in [0, 0.05) is 6.07 Å². The second-order valence-electron chi connectivity index (χ2n) is 3.51. The summed E-state index contributed by atoms with van der Waals surface area (Å²) in [4.78, 5) is 26.6. The number of ether oxygens (including phenoxy) is 1. The van der Waals surface area contributed by atoms with Crippen LogP contribution in [0.2, 0.25) is 5.02 Å². The predicted octanol–water partition coefficient (Wildman–Crippen LogP) is 0.737. The van der Waals surface area contributed by atoms with E-state index < -0.39 is 17.9 Å². The highest BCUT2D eigenvalue weighted by molar-refractivity contribution is 6.33. The number of aromatic nitrogens is 1. The van der Waals surface area contributed by atoms with Crippen LogP contribution >= 0.6 is 11.6 Å². The Morgan fingerprint density at radius 2 is 2.22 bits per heavy atom. The first-order valence-electron chi connectivity index (χ1n) is 5.35. The summed E-state index contributed by atoms with van der Waals surface area (Å²) in [6, 6.07) is 2.26. The topological polar surface area (TPSA) is 94.3 Å². The third-order valence-electron chi connectivity index (χ3n) is 2.10. The summed E-state index contributed by atoms with van der Waals surface area (Å²) in [6.07, 6.45) is 0. The van der Waals surface area contributed by atoms with E-state index in [4.69, 9.17) is 22.1 Å². The van der Waals surface area contributed by atoms with Gasteiger partial charge in [-0.2, -0.15) is 0 Å². The first kappa shape index (κ1) is 14.2. The molecule has 1 heterocycles. The number of nitrogens with zero attached hydrogens (tertiary/aromatic N) is 1. The zero-order chi connectivity index (χ0) is 13.7.